The highest BCUT2D eigenvalue weighted by Crippen LogP contribution is 2.22. The van der Waals surface area contributed by atoms with Crippen LogP contribution in [0.25, 0.3) is 0 Å². The minimum atomic E-state index is 0.00795. The number of amides is 1. The van der Waals surface area contributed by atoms with E-state index < -0.39 is 0 Å². The van der Waals surface area contributed by atoms with E-state index in [1.54, 1.807) is 0 Å². The molecule has 1 atom stereocenters. The van der Waals surface area contributed by atoms with Gasteiger partial charge in [0.2, 0.25) is 0 Å². The quantitative estimate of drug-likeness (QED) is 0.807. The van der Waals surface area contributed by atoms with Gasteiger partial charge in [-0.25, -0.2) is 0 Å². The van der Waals surface area contributed by atoms with Gasteiger partial charge in [-0.3, -0.25) is 4.79 Å². The summed E-state index contributed by atoms with van der Waals surface area (Å²) in [6, 6.07) is 7.90. The number of carbonyl (C=O) groups excluding carboxylic acids is 1. The Morgan fingerprint density at radius 1 is 1.19 bits per heavy atom. The van der Waals surface area contributed by atoms with E-state index in [-0.39, 0.29) is 11.3 Å². The van der Waals surface area contributed by atoms with Gasteiger partial charge in [0, 0.05) is 12.1 Å². The Bertz CT molecular complexity index is 426. The minimum absolute atomic E-state index is 0.00795. The summed E-state index contributed by atoms with van der Waals surface area (Å²) in [6.07, 6.45) is 3.21. The van der Waals surface area contributed by atoms with E-state index in [9.17, 15) is 4.79 Å². The molecule has 3 nitrogen and oxygen atoms in total. The Morgan fingerprint density at radius 3 is 2.29 bits per heavy atom. The number of hydrogen-bond acceptors (Lipinski definition) is 2. The first-order valence-electron chi connectivity index (χ1n) is 7.97. The largest absolute Gasteiger partial charge is 0.352 e. The SMILES string of the molecule is CCCC(CCN)CNC(=O)c1ccc(C(C)(C)C)cc1. The van der Waals surface area contributed by atoms with Crippen molar-refractivity contribution in [2.45, 2.75) is 52.4 Å². The maximum atomic E-state index is 12.2. The Morgan fingerprint density at radius 2 is 1.81 bits per heavy atom. The Labute approximate surface area is 129 Å². The van der Waals surface area contributed by atoms with Crippen molar-refractivity contribution < 1.29 is 4.79 Å². The molecule has 21 heavy (non-hydrogen) atoms. The highest BCUT2D eigenvalue weighted by atomic mass is 16.1. The van der Waals surface area contributed by atoms with Crippen molar-refractivity contribution in [1.29, 1.82) is 0 Å². The summed E-state index contributed by atoms with van der Waals surface area (Å²) in [5.74, 6) is 0.492. The highest BCUT2D eigenvalue weighted by molar-refractivity contribution is 5.94. The van der Waals surface area contributed by atoms with Gasteiger partial charge in [0.05, 0.1) is 0 Å². The number of rotatable bonds is 7. The van der Waals surface area contributed by atoms with Crippen LogP contribution in [0.4, 0.5) is 0 Å². The summed E-state index contributed by atoms with van der Waals surface area (Å²) < 4.78 is 0. The van der Waals surface area contributed by atoms with Gasteiger partial charge in [-0.1, -0.05) is 46.2 Å². The van der Waals surface area contributed by atoms with Gasteiger partial charge < -0.3 is 11.1 Å². The van der Waals surface area contributed by atoms with Gasteiger partial charge in [0.25, 0.3) is 5.91 Å². The Balaban J connectivity index is 2.59. The third kappa shape index (κ3) is 5.88. The Kier molecular flexibility index (Phi) is 6.90. The summed E-state index contributed by atoms with van der Waals surface area (Å²) in [4.78, 5) is 12.2. The topological polar surface area (TPSA) is 55.1 Å². The van der Waals surface area contributed by atoms with E-state index in [2.05, 4.69) is 33.0 Å². The van der Waals surface area contributed by atoms with Crippen molar-refractivity contribution in [3.8, 4) is 0 Å². The van der Waals surface area contributed by atoms with Crippen LogP contribution in [0.1, 0.15) is 62.9 Å². The molecule has 0 aromatic heterocycles. The molecule has 0 heterocycles. The molecule has 0 aliphatic carbocycles. The molecule has 1 rings (SSSR count). The van der Waals surface area contributed by atoms with Gasteiger partial charge in [-0.15, -0.1) is 0 Å². The van der Waals surface area contributed by atoms with Crippen LogP contribution in [-0.2, 0) is 5.41 Å². The third-order valence-corrected chi connectivity index (χ3v) is 3.84. The zero-order chi connectivity index (χ0) is 15.9. The number of nitrogens with two attached hydrogens (primary N) is 1. The molecular formula is C18H30N2O. The van der Waals surface area contributed by atoms with Crippen molar-refractivity contribution in [1.82, 2.24) is 5.32 Å². The van der Waals surface area contributed by atoms with E-state index in [1.165, 1.54) is 5.56 Å². The fraction of sp³-hybridized carbons (Fsp3) is 0.611. The lowest BCUT2D eigenvalue weighted by Crippen LogP contribution is -2.30. The molecule has 1 aromatic rings. The van der Waals surface area contributed by atoms with Crippen molar-refractivity contribution in [3.05, 3.63) is 35.4 Å². The Hall–Kier alpha value is -1.35. The normalized spacial score (nSPS) is 13.0. The molecule has 1 aromatic carbocycles. The molecule has 118 valence electrons. The van der Waals surface area contributed by atoms with Crippen LogP contribution in [0.2, 0.25) is 0 Å². The maximum absolute atomic E-state index is 12.2. The number of hydrogen-bond donors (Lipinski definition) is 2. The summed E-state index contributed by atoms with van der Waals surface area (Å²) in [5.41, 5.74) is 7.70. The summed E-state index contributed by atoms with van der Waals surface area (Å²) in [7, 11) is 0. The van der Waals surface area contributed by atoms with Gasteiger partial charge in [-0.2, -0.15) is 0 Å². The number of benzene rings is 1. The van der Waals surface area contributed by atoms with Crippen LogP contribution in [0.5, 0.6) is 0 Å². The summed E-state index contributed by atoms with van der Waals surface area (Å²) >= 11 is 0. The molecule has 0 aliphatic heterocycles. The van der Waals surface area contributed by atoms with Gasteiger partial charge in [0.1, 0.15) is 0 Å². The minimum Gasteiger partial charge on any atom is -0.352 e. The average molecular weight is 290 g/mol. The first kappa shape index (κ1) is 17.7. The zero-order valence-electron chi connectivity index (χ0n) is 13.9. The molecule has 3 heteroatoms. The predicted molar refractivity (Wildman–Crippen MR) is 89.5 cm³/mol. The van der Waals surface area contributed by atoms with E-state index in [4.69, 9.17) is 5.73 Å². The highest BCUT2D eigenvalue weighted by Gasteiger charge is 2.15. The lowest BCUT2D eigenvalue weighted by molar-refractivity contribution is 0.0945. The molecule has 3 N–H and O–H groups in total. The molecule has 1 unspecified atom stereocenters. The van der Waals surface area contributed by atoms with Crippen molar-refractivity contribution in [2.75, 3.05) is 13.1 Å². The third-order valence-electron chi connectivity index (χ3n) is 3.84. The molecule has 0 fully saturated rings. The van der Waals surface area contributed by atoms with Crippen molar-refractivity contribution >= 4 is 5.91 Å². The fourth-order valence-electron chi connectivity index (χ4n) is 2.45. The van der Waals surface area contributed by atoms with Crippen LogP contribution in [0, 0.1) is 5.92 Å². The zero-order valence-corrected chi connectivity index (χ0v) is 13.9. The molecule has 0 spiro atoms. The molecule has 1 amide bonds. The maximum Gasteiger partial charge on any atom is 0.251 e. The van der Waals surface area contributed by atoms with Crippen molar-refractivity contribution in [2.24, 2.45) is 11.7 Å². The smallest absolute Gasteiger partial charge is 0.251 e. The summed E-state index contributed by atoms with van der Waals surface area (Å²) in [5, 5.41) is 3.03. The summed E-state index contributed by atoms with van der Waals surface area (Å²) in [6.45, 7) is 10.1. The fourth-order valence-corrected chi connectivity index (χ4v) is 2.45. The number of carbonyl (C=O) groups is 1. The molecule has 0 saturated carbocycles. The lowest BCUT2D eigenvalue weighted by atomic mass is 9.86. The molecule has 0 aliphatic rings. The van der Waals surface area contributed by atoms with E-state index in [1.807, 2.05) is 24.3 Å². The van der Waals surface area contributed by atoms with Gasteiger partial charge in [0.15, 0.2) is 0 Å². The van der Waals surface area contributed by atoms with Gasteiger partial charge in [-0.05, 0) is 48.4 Å². The first-order valence-corrected chi connectivity index (χ1v) is 7.97. The second-order valence-corrected chi connectivity index (χ2v) is 6.77. The second-order valence-electron chi connectivity index (χ2n) is 6.77. The average Bonchev–Trinajstić information content (AvgIpc) is 2.44. The van der Waals surface area contributed by atoms with Crippen LogP contribution in [0.3, 0.4) is 0 Å². The molecule has 0 bridgehead atoms. The van der Waals surface area contributed by atoms with E-state index >= 15 is 0 Å². The second kappa shape index (κ2) is 8.18. The first-order chi connectivity index (χ1) is 9.88. The molecule has 0 saturated heterocycles. The van der Waals surface area contributed by atoms with Gasteiger partial charge >= 0.3 is 0 Å². The molecule has 0 radical (unpaired) electrons. The monoisotopic (exact) mass is 290 g/mol. The lowest BCUT2D eigenvalue weighted by Gasteiger charge is -2.19. The van der Waals surface area contributed by atoms with Crippen molar-refractivity contribution in [3.63, 3.8) is 0 Å². The van der Waals surface area contributed by atoms with Crippen LogP contribution >= 0.6 is 0 Å². The van der Waals surface area contributed by atoms with Crippen LogP contribution in [0.15, 0.2) is 24.3 Å². The standard InChI is InChI=1S/C18H30N2O/c1-5-6-14(11-12-19)13-20-17(21)15-7-9-16(10-8-15)18(2,3)4/h7-10,14H,5-6,11-13,19H2,1-4H3,(H,20,21). The van der Waals surface area contributed by atoms with Crippen LogP contribution in [-0.4, -0.2) is 19.0 Å². The number of nitrogens with one attached hydrogen (secondary N) is 1. The van der Waals surface area contributed by atoms with E-state index in [0.717, 1.165) is 24.8 Å². The van der Waals surface area contributed by atoms with E-state index in [0.29, 0.717) is 19.0 Å². The molecular weight excluding hydrogens is 260 g/mol. The predicted octanol–water partition coefficient (Wildman–Crippen LogP) is 3.48. The van der Waals surface area contributed by atoms with Crippen LogP contribution < -0.4 is 11.1 Å².